The van der Waals surface area contributed by atoms with Crippen molar-refractivity contribution < 1.29 is 9.72 Å². The summed E-state index contributed by atoms with van der Waals surface area (Å²) in [6.45, 7) is 5.08. The van der Waals surface area contributed by atoms with Gasteiger partial charge in [0.1, 0.15) is 17.9 Å². The summed E-state index contributed by atoms with van der Waals surface area (Å²) in [6.07, 6.45) is 3.49. The fraction of sp³-hybridized carbons (Fsp3) is 0.286. The van der Waals surface area contributed by atoms with Crippen molar-refractivity contribution in [3.8, 4) is 11.1 Å². The fourth-order valence-electron chi connectivity index (χ4n) is 3.31. The fourth-order valence-corrected chi connectivity index (χ4v) is 3.31. The number of hydrogen-bond acceptors (Lipinski definition) is 5. The number of aryl methyl sites for hydroxylation is 1. The Labute approximate surface area is 169 Å². The predicted molar refractivity (Wildman–Crippen MR) is 109 cm³/mol. The minimum atomic E-state index is -0.463. The molecule has 8 nitrogen and oxygen atoms in total. The molecule has 0 radical (unpaired) electrons. The van der Waals surface area contributed by atoms with Crippen molar-refractivity contribution in [2.45, 2.75) is 33.4 Å². The van der Waals surface area contributed by atoms with E-state index in [4.69, 9.17) is 0 Å². The number of rotatable bonds is 6. The van der Waals surface area contributed by atoms with Crippen LogP contribution in [0.15, 0.2) is 48.8 Å². The maximum Gasteiger partial charge on any atom is 0.312 e. The van der Waals surface area contributed by atoms with Crippen LogP contribution in [0.1, 0.15) is 29.9 Å². The van der Waals surface area contributed by atoms with E-state index in [2.05, 4.69) is 16.1 Å². The van der Waals surface area contributed by atoms with Gasteiger partial charge in [-0.2, -0.15) is 5.10 Å². The molecular weight excluding hydrogens is 370 g/mol. The van der Waals surface area contributed by atoms with Gasteiger partial charge in [0.15, 0.2) is 0 Å². The molecule has 0 saturated carbocycles. The van der Waals surface area contributed by atoms with Gasteiger partial charge in [-0.3, -0.25) is 24.6 Å². The summed E-state index contributed by atoms with van der Waals surface area (Å²) in [5.41, 5.74) is 3.74. The van der Waals surface area contributed by atoms with E-state index in [0.717, 1.165) is 16.7 Å². The van der Waals surface area contributed by atoms with E-state index in [1.165, 1.54) is 4.68 Å². The third kappa shape index (κ3) is 4.16. The maximum absolute atomic E-state index is 12.8. The van der Waals surface area contributed by atoms with Crippen LogP contribution in [0, 0.1) is 24.0 Å². The highest BCUT2D eigenvalue weighted by Gasteiger charge is 2.25. The number of benzene rings is 1. The molecular formula is C21H23N5O3. The van der Waals surface area contributed by atoms with Gasteiger partial charge in [-0.1, -0.05) is 18.2 Å². The van der Waals surface area contributed by atoms with Crippen LogP contribution >= 0.6 is 0 Å². The number of nitro groups is 1. The first kappa shape index (κ1) is 20.2. The molecule has 0 aliphatic carbocycles. The molecule has 29 heavy (non-hydrogen) atoms. The van der Waals surface area contributed by atoms with Crippen LogP contribution in [0.25, 0.3) is 11.1 Å². The summed E-state index contributed by atoms with van der Waals surface area (Å²) >= 11 is 0. The Morgan fingerprint density at radius 3 is 2.52 bits per heavy atom. The number of likely N-dealkylation sites (N-methyl/N-ethyl adjacent to an activating group) is 1. The molecule has 3 aromatic rings. The lowest BCUT2D eigenvalue weighted by molar-refractivity contribution is -0.386. The molecule has 0 saturated heterocycles. The number of amides is 1. The van der Waals surface area contributed by atoms with Crippen LogP contribution in [0.2, 0.25) is 0 Å². The van der Waals surface area contributed by atoms with Gasteiger partial charge < -0.3 is 4.90 Å². The van der Waals surface area contributed by atoms with E-state index in [9.17, 15) is 14.9 Å². The van der Waals surface area contributed by atoms with Gasteiger partial charge >= 0.3 is 5.69 Å². The molecule has 0 spiro atoms. The molecule has 0 aliphatic heterocycles. The molecule has 0 aliphatic rings. The average molecular weight is 393 g/mol. The third-order valence-electron chi connectivity index (χ3n) is 5.17. The lowest BCUT2D eigenvalue weighted by atomic mass is 10.0. The number of carbonyl (C=O) groups is 1. The van der Waals surface area contributed by atoms with Crippen LogP contribution < -0.4 is 0 Å². The van der Waals surface area contributed by atoms with E-state index in [-0.39, 0.29) is 24.2 Å². The normalized spacial score (nSPS) is 11.9. The van der Waals surface area contributed by atoms with Crippen LogP contribution in [-0.2, 0) is 11.3 Å². The Morgan fingerprint density at radius 1 is 1.21 bits per heavy atom. The van der Waals surface area contributed by atoms with Gasteiger partial charge in [0.25, 0.3) is 0 Å². The molecule has 1 atom stereocenters. The SMILES string of the molecule is Cc1nn(CC(=O)N(C)[C@@H](C)c2cccc(-c3ccncc3)c2)c(C)c1[N+](=O)[O-]. The summed E-state index contributed by atoms with van der Waals surface area (Å²) < 4.78 is 1.40. The smallest absolute Gasteiger partial charge is 0.312 e. The first-order valence-corrected chi connectivity index (χ1v) is 9.24. The molecule has 0 bridgehead atoms. The van der Waals surface area contributed by atoms with E-state index < -0.39 is 4.92 Å². The van der Waals surface area contributed by atoms with Crippen molar-refractivity contribution in [1.29, 1.82) is 0 Å². The Morgan fingerprint density at radius 2 is 1.90 bits per heavy atom. The summed E-state index contributed by atoms with van der Waals surface area (Å²) in [4.78, 5) is 29.2. The molecule has 3 rings (SSSR count). The summed E-state index contributed by atoms with van der Waals surface area (Å²) in [5.74, 6) is -0.174. The minimum Gasteiger partial charge on any atom is -0.337 e. The Kier molecular flexibility index (Phi) is 5.72. The van der Waals surface area contributed by atoms with E-state index >= 15 is 0 Å². The predicted octanol–water partition coefficient (Wildman–Crippen LogP) is 3.69. The molecule has 0 N–H and O–H groups in total. The largest absolute Gasteiger partial charge is 0.337 e. The second kappa shape index (κ2) is 8.22. The Hall–Kier alpha value is -3.55. The van der Waals surface area contributed by atoms with E-state index in [1.54, 1.807) is 38.2 Å². The number of pyridine rings is 1. The third-order valence-corrected chi connectivity index (χ3v) is 5.17. The Balaban J connectivity index is 1.78. The lowest BCUT2D eigenvalue weighted by Crippen LogP contribution is -2.33. The van der Waals surface area contributed by atoms with Crippen molar-refractivity contribution in [1.82, 2.24) is 19.7 Å². The highest BCUT2D eigenvalue weighted by Crippen LogP contribution is 2.26. The summed E-state index contributed by atoms with van der Waals surface area (Å²) in [6, 6.07) is 11.7. The molecule has 1 aromatic carbocycles. The topological polar surface area (TPSA) is 94.2 Å². The zero-order valence-corrected chi connectivity index (χ0v) is 16.9. The Bertz CT molecular complexity index is 1050. The van der Waals surface area contributed by atoms with Crippen molar-refractivity contribution in [2.24, 2.45) is 0 Å². The second-order valence-electron chi connectivity index (χ2n) is 6.98. The highest BCUT2D eigenvalue weighted by molar-refractivity contribution is 5.76. The first-order valence-electron chi connectivity index (χ1n) is 9.24. The van der Waals surface area contributed by atoms with Gasteiger partial charge in [-0.25, -0.2) is 0 Å². The van der Waals surface area contributed by atoms with Crippen molar-refractivity contribution in [2.75, 3.05) is 7.05 Å². The van der Waals surface area contributed by atoms with Gasteiger partial charge in [-0.15, -0.1) is 0 Å². The average Bonchev–Trinajstić information content (AvgIpc) is 3.00. The van der Waals surface area contributed by atoms with Gasteiger partial charge in [-0.05, 0) is 55.7 Å². The van der Waals surface area contributed by atoms with Crippen LogP contribution in [0.3, 0.4) is 0 Å². The van der Waals surface area contributed by atoms with E-state index in [0.29, 0.717) is 11.4 Å². The van der Waals surface area contributed by atoms with Crippen molar-refractivity contribution >= 4 is 11.6 Å². The van der Waals surface area contributed by atoms with Gasteiger partial charge in [0.05, 0.1) is 11.0 Å². The van der Waals surface area contributed by atoms with Gasteiger partial charge in [0.2, 0.25) is 5.91 Å². The quantitative estimate of drug-likeness (QED) is 0.470. The number of hydrogen-bond donors (Lipinski definition) is 0. The number of aromatic nitrogens is 3. The molecule has 2 aromatic heterocycles. The number of nitrogens with zero attached hydrogens (tertiary/aromatic N) is 5. The molecule has 0 fully saturated rings. The standard InChI is InChI=1S/C21H23N5O3/c1-14-21(26(28)29)16(3)25(23-14)13-20(27)24(4)15(2)18-6-5-7-19(12-18)17-8-10-22-11-9-17/h5-12,15H,13H2,1-4H3/t15-/m0/s1. The van der Waals surface area contributed by atoms with E-state index in [1.807, 2.05) is 37.3 Å². The summed E-state index contributed by atoms with van der Waals surface area (Å²) in [5, 5.41) is 15.3. The number of carbonyl (C=O) groups excluding carboxylic acids is 1. The monoisotopic (exact) mass is 393 g/mol. The minimum absolute atomic E-state index is 0.0430. The van der Waals surface area contributed by atoms with Crippen molar-refractivity contribution in [3.63, 3.8) is 0 Å². The summed E-state index contributed by atoms with van der Waals surface area (Å²) in [7, 11) is 1.73. The van der Waals surface area contributed by atoms with Gasteiger partial charge in [0, 0.05) is 19.4 Å². The molecule has 2 heterocycles. The zero-order chi connectivity index (χ0) is 21.1. The van der Waals surface area contributed by atoms with Crippen LogP contribution in [0.5, 0.6) is 0 Å². The first-order chi connectivity index (χ1) is 13.8. The van der Waals surface area contributed by atoms with Crippen molar-refractivity contribution in [3.05, 3.63) is 75.9 Å². The zero-order valence-electron chi connectivity index (χ0n) is 16.9. The maximum atomic E-state index is 12.8. The van der Waals surface area contributed by atoms with Crippen LogP contribution in [-0.4, -0.2) is 37.5 Å². The molecule has 0 unspecified atom stereocenters. The lowest BCUT2D eigenvalue weighted by Gasteiger charge is -2.26. The van der Waals surface area contributed by atoms with Crippen LogP contribution in [0.4, 0.5) is 5.69 Å². The molecule has 8 heteroatoms. The second-order valence-corrected chi connectivity index (χ2v) is 6.98. The molecule has 1 amide bonds. The molecule has 150 valence electrons. The highest BCUT2D eigenvalue weighted by atomic mass is 16.6.